The van der Waals surface area contributed by atoms with Gasteiger partial charge in [0.25, 0.3) is 0 Å². The maximum absolute atomic E-state index is 9.92. The van der Waals surface area contributed by atoms with Crippen LogP contribution >= 0.6 is 0 Å². The number of nitrogens with one attached hydrogen (secondary N) is 1. The molecular formula is C18H23NO2. The molecule has 0 aromatic heterocycles. The number of ether oxygens (including phenoxy) is 1. The summed E-state index contributed by atoms with van der Waals surface area (Å²) in [5, 5.41) is 13.4. The van der Waals surface area contributed by atoms with Crippen LogP contribution in [-0.2, 0) is 13.0 Å². The second kappa shape index (κ2) is 7.70. The summed E-state index contributed by atoms with van der Waals surface area (Å²) in [7, 11) is 1.60. The number of aryl methyl sites for hydroxylation is 1. The monoisotopic (exact) mass is 285 g/mol. The molecule has 2 rings (SSSR count). The summed E-state index contributed by atoms with van der Waals surface area (Å²) in [4.78, 5) is 0. The highest BCUT2D eigenvalue weighted by atomic mass is 16.5. The van der Waals surface area contributed by atoms with Crippen LogP contribution in [0.25, 0.3) is 0 Å². The lowest BCUT2D eigenvalue weighted by atomic mass is 10.1. The molecule has 0 aliphatic carbocycles. The predicted octanol–water partition coefficient (Wildman–Crippen LogP) is 3.51. The molecule has 0 saturated heterocycles. The summed E-state index contributed by atoms with van der Waals surface area (Å²) < 4.78 is 5.08. The number of hydrogen-bond acceptors (Lipinski definition) is 3. The smallest absolute Gasteiger partial charge is 0.123 e. The van der Waals surface area contributed by atoms with Crippen molar-refractivity contribution in [2.24, 2.45) is 0 Å². The third-order valence-corrected chi connectivity index (χ3v) is 3.64. The highest BCUT2D eigenvalue weighted by Crippen LogP contribution is 2.23. The van der Waals surface area contributed by atoms with Gasteiger partial charge in [-0.2, -0.15) is 0 Å². The van der Waals surface area contributed by atoms with Crippen molar-refractivity contribution < 1.29 is 9.84 Å². The van der Waals surface area contributed by atoms with Crippen molar-refractivity contribution >= 4 is 0 Å². The van der Waals surface area contributed by atoms with Gasteiger partial charge >= 0.3 is 0 Å². The van der Waals surface area contributed by atoms with Crippen molar-refractivity contribution in [3.63, 3.8) is 0 Å². The summed E-state index contributed by atoms with van der Waals surface area (Å²) in [5.74, 6) is 0.950. The van der Waals surface area contributed by atoms with Crippen LogP contribution in [0, 0.1) is 0 Å². The van der Waals surface area contributed by atoms with E-state index in [9.17, 15) is 5.11 Å². The number of benzene rings is 2. The SMILES string of the molecule is COc1ccc(CNC(C)CCc2ccccc2)c(O)c1. The summed E-state index contributed by atoms with van der Waals surface area (Å²) in [6.45, 7) is 2.83. The van der Waals surface area contributed by atoms with Crippen molar-refractivity contribution in [1.82, 2.24) is 5.32 Å². The van der Waals surface area contributed by atoms with Gasteiger partial charge in [-0.1, -0.05) is 36.4 Å². The van der Waals surface area contributed by atoms with Crippen LogP contribution in [0.15, 0.2) is 48.5 Å². The maximum atomic E-state index is 9.92. The molecule has 112 valence electrons. The fourth-order valence-corrected chi connectivity index (χ4v) is 2.23. The van der Waals surface area contributed by atoms with Gasteiger partial charge in [-0.15, -0.1) is 0 Å². The maximum Gasteiger partial charge on any atom is 0.123 e. The molecular weight excluding hydrogens is 262 g/mol. The first-order chi connectivity index (χ1) is 10.2. The van der Waals surface area contributed by atoms with Gasteiger partial charge in [-0.05, 0) is 31.4 Å². The average Bonchev–Trinajstić information content (AvgIpc) is 2.52. The van der Waals surface area contributed by atoms with E-state index in [-0.39, 0.29) is 5.75 Å². The molecule has 0 amide bonds. The van der Waals surface area contributed by atoms with Crippen LogP contribution in [0.3, 0.4) is 0 Å². The first-order valence-electron chi connectivity index (χ1n) is 7.32. The number of phenols is 1. The Morgan fingerprint density at radius 1 is 1.14 bits per heavy atom. The van der Waals surface area contributed by atoms with E-state index in [0.717, 1.165) is 18.4 Å². The Kier molecular flexibility index (Phi) is 5.64. The van der Waals surface area contributed by atoms with Gasteiger partial charge in [0.2, 0.25) is 0 Å². The molecule has 2 aromatic rings. The van der Waals surface area contributed by atoms with Gasteiger partial charge in [0.1, 0.15) is 11.5 Å². The number of rotatable bonds is 7. The number of aromatic hydroxyl groups is 1. The Morgan fingerprint density at radius 3 is 2.57 bits per heavy atom. The minimum atomic E-state index is 0.275. The second-order valence-electron chi connectivity index (χ2n) is 5.30. The molecule has 2 N–H and O–H groups in total. The number of hydrogen-bond donors (Lipinski definition) is 2. The Bertz CT molecular complexity index is 554. The van der Waals surface area contributed by atoms with Crippen LogP contribution in [0.4, 0.5) is 0 Å². The van der Waals surface area contributed by atoms with Gasteiger partial charge < -0.3 is 15.2 Å². The number of methoxy groups -OCH3 is 1. The Hall–Kier alpha value is -2.00. The Balaban J connectivity index is 1.80. The van der Waals surface area contributed by atoms with Crippen LogP contribution in [0.5, 0.6) is 11.5 Å². The lowest BCUT2D eigenvalue weighted by Crippen LogP contribution is -2.26. The molecule has 21 heavy (non-hydrogen) atoms. The third kappa shape index (κ3) is 4.80. The molecule has 0 aliphatic rings. The molecule has 3 heteroatoms. The van der Waals surface area contributed by atoms with E-state index in [4.69, 9.17) is 4.74 Å². The van der Waals surface area contributed by atoms with E-state index in [1.54, 1.807) is 13.2 Å². The van der Waals surface area contributed by atoms with Crippen LogP contribution in [0.2, 0.25) is 0 Å². The van der Waals surface area contributed by atoms with Crippen molar-refractivity contribution in [3.8, 4) is 11.5 Å². The fourth-order valence-electron chi connectivity index (χ4n) is 2.23. The van der Waals surface area contributed by atoms with Gasteiger partial charge in [-0.3, -0.25) is 0 Å². The molecule has 3 nitrogen and oxygen atoms in total. The summed E-state index contributed by atoms with van der Waals surface area (Å²) in [6, 6.07) is 16.3. The average molecular weight is 285 g/mol. The molecule has 0 fully saturated rings. The van der Waals surface area contributed by atoms with E-state index < -0.39 is 0 Å². The lowest BCUT2D eigenvalue weighted by Gasteiger charge is -2.15. The summed E-state index contributed by atoms with van der Waals surface area (Å²) >= 11 is 0. The standard InChI is InChI=1S/C18H23NO2/c1-14(8-9-15-6-4-3-5-7-15)19-13-16-10-11-17(21-2)12-18(16)20/h3-7,10-12,14,19-20H,8-9,13H2,1-2H3. The van der Waals surface area contributed by atoms with E-state index in [1.807, 2.05) is 18.2 Å². The molecule has 1 atom stereocenters. The fraction of sp³-hybridized carbons (Fsp3) is 0.333. The normalized spacial score (nSPS) is 12.1. The zero-order valence-electron chi connectivity index (χ0n) is 12.7. The highest BCUT2D eigenvalue weighted by Gasteiger charge is 2.06. The van der Waals surface area contributed by atoms with E-state index >= 15 is 0 Å². The first kappa shape index (κ1) is 15.4. The van der Waals surface area contributed by atoms with Gasteiger partial charge in [0.15, 0.2) is 0 Å². The molecule has 1 unspecified atom stereocenters. The molecule has 0 saturated carbocycles. The first-order valence-corrected chi connectivity index (χ1v) is 7.32. The van der Waals surface area contributed by atoms with Crippen molar-refractivity contribution in [2.45, 2.75) is 32.4 Å². The van der Waals surface area contributed by atoms with Crippen molar-refractivity contribution in [1.29, 1.82) is 0 Å². The zero-order valence-corrected chi connectivity index (χ0v) is 12.7. The highest BCUT2D eigenvalue weighted by molar-refractivity contribution is 5.39. The Morgan fingerprint density at radius 2 is 1.90 bits per heavy atom. The topological polar surface area (TPSA) is 41.5 Å². The summed E-state index contributed by atoms with van der Waals surface area (Å²) in [6.07, 6.45) is 2.13. The minimum Gasteiger partial charge on any atom is -0.507 e. The quantitative estimate of drug-likeness (QED) is 0.818. The van der Waals surface area contributed by atoms with E-state index in [0.29, 0.717) is 18.3 Å². The summed E-state index contributed by atoms with van der Waals surface area (Å²) in [5.41, 5.74) is 2.25. The van der Waals surface area contributed by atoms with Gasteiger partial charge in [0.05, 0.1) is 7.11 Å². The van der Waals surface area contributed by atoms with Crippen molar-refractivity contribution in [2.75, 3.05) is 7.11 Å². The molecule has 0 heterocycles. The predicted molar refractivity (Wildman–Crippen MR) is 85.7 cm³/mol. The van der Waals surface area contributed by atoms with Crippen molar-refractivity contribution in [3.05, 3.63) is 59.7 Å². The van der Waals surface area contributed by atoms with Crippen LogP contribution in [-0.4, -0.2) is 18.3 Å². The molecule has 0 radical (unpaired) electrons. The lowest BCUT2D eigenvalue weighted by molar-refractivity contribution is 0.405. The van der Waals surface area contributed by atoms with Crippen LogP contribution in [0.1, 0.15) is 24.5 Å². The van der Waals surface area contributed by atoms with Gasteiger partial charge in [-0.25, -0.2) is 0 Å². The molecule has 0 aliphatic heterocycles. The van der Waals surface area contributed by atoms with Gasteiger partial charge in [0, 0.05) is 24.2 Å². The second-order valence-corrected chi connectivity index (χ2v) is 5.30. The molecule has 0 bridgehead atoms. The van der Waals surface area contributed by atoms with E-state index in [1.165, 1.54) is 5.56 Å². The molecule has 0 spiro atoms. The third-order valence-electron chi connectivity index (χ3n) is 3.64. The molecule has 2 aromatic carbocycles. The largest absolute Gasteiger partial charge is 0.507 e. The minimum absolute atomic E-state index is 0.275. The zero-order chi connectivity index (χ0) is 15.1. The number of phenolic OH excluding ortho intramolecular Hbond substituents is 1. The van der Waals surface area contributed by atoms with E-state index in [2.05, 4.69) is 36.5 Å². The van der Waals surface area contributed by atoms with Crippen LogP contribution < -0.4 is 10.1 Å². The Labute approximate surface area is 126 Å².